The molecule has 5 N–H and O–H groups in total. The van der Waals surface area contributed by atoms with Crippen LogP contribution in [0.15, 0.2) is 163 Å². The van der Waals surface area contributed by atoms with Crippen LogP contribution in [-0.4, -0.2) is 11.3 Å². The molecule has 0 saturated carbocycles. The highest BCUT2D eigenvalue weighted by Crippen LogP contribution is 2.37. The van der Waals surface area contributed by atoms with Crippen LogP contribution in [0, 0.1) is 0 Å². The van der Waals surface area contributed by atoms with Gasteiger partial charge in [-0.3, -0.25) is 10.3 Å². The maximum absolute atomic E-state index is 10.6. The molecule has 0 aliphatic rings. The van der Waals surface area contributed by atoms with Crippen LogP contribution in [0.1, 0.15) is 29.0 Å². The highest BCUT2D eigenvalue weighted by atomic mass is 16.3. The molecule has 5 heteroatoms. The minimum Gasteiger partial charge on any atom is -0.507 e. The molecule has 6 aromatic rings. The smallest absolute Gasteiger partial charge is 0.127 e. The third kappa shape index (κ3) is 6.93. The first-order chi connectivity index (χ1) is 21.6. The van der Waals surface area contributed by atoms with Gasteiger partial charge in [0.2, 0.25) is 0 Å². The number of anilines is 2. The Labute approximate surface area is 258 Å². The van der Waals surface area contributed by atoms with Gasteiger partial charge < -0.3 is 16.2 Å². The Morgan fingerprint density at radius 3 is 2.00 bits per heavy atom. The molecule has 6 rings (SSSR count). The Kier molecular flexibility index (Phi) is 8.88. The molecule has 0 saturated heterocycles. The number of hydrogen-bond acceptors (Lipinski definition) is 5. The molecule has 2 unspecified atom stereocenters. The lowest BCUT2D eigenvalue weighted by atomic mass is 9.97. The molecule has 0 radical (unpaired) electrons. The van der Waals surface area contributed by atoms with Gasteiger partial charge in [-0.2, -0.15) is 0 Å². The molecule has 0 fully saturated rings. The number of aliphatic imine (C=N–C) groups is 1. The van der Waals surface area contributed by atoms with Crippen LogP contribution in [0.3, 0.4) is 0 Å². The molecule has 5 nitrogen and oxygen atoms in total. The van der Waals surface area contributed by atoms with Crippen LogP contribution in [-0.2, 0) is 0 Å². The van der Waals surface area contributed by atoms with Gasteiger partial charge in [0.05, 0.1) is 6.17 Å². The normalized spacial score (nSPS) is 12.6. The summed E-state index contributed by atoms with van der Waals surface area (Å²) in [6, 6.07) is 52.1. The van der Waals surface area contributed by atoms with E-state index in [0.29, 0.717) is 0 Å². The molecular formula is C39H34N4O. The van der Waals surface area contributed by atoms with E-state index in [2.05, 4.69) is 47.0 Å². The first-order valence-corrected chi connectivity index (χ1v) is 14.6. The second-order valence-electron chi connectivity index (χ2n) is 10.5. The standard InChI is InChI=1S/C39H34N4O/c40-38(30-17-8-3-9-18-30)43-39(41-27-28-13-4-1-5-14-28)32-19-12-20-33(25-32)42-36-26-31(35-21-10-11-22-37(35)44)23-24-34(36)29-15-6-2-7-16-29/h1-27,38-39,42-44H,40H2. The van der Waals surface area contributed by atoms with Crippen molar-refractivity contribution in [1.29, 1.82) is 0 Å². The SMILES string of the molecule is NC(NC(N=Cc1ccccc1)c1cccc(Nc2cc(-c3ccccc3O)ccc2-c2ccccc2)c1)c1ccccc1. The van der Waals surface area contributed by atoms with Gasteiger partial charge in [0, 0.05) is 28.7 Å². The fourth-order valence-corrected chi connectivity index (χ4v) is 5.20. The maximum atomic E-state index is 10.6. The van der Waals surface area contributed by atoms with Crippen molar-refractivity contribution in [1.82, 2.24) is 5.32 Å². The molecule has 0 aliphatic carbocycles. The molecule has 44 heavy (non-hydrogen) atoms. The summed E-state index contributed by atoms with van der Waals surface area (Å²) in [5, 5.41) is 17.7. The monoisotopic (exact) mass is 574 g/mol. The van der Waals surface area contributed by atoms with Crippen molar-refractivity contribution in [3.63, 3.8) is 0 Å². The van der Waals surface area contributed by atoms with Gasteiger partial charge in [0.1, 0.15) is 11.9 Å². The van der Waals surface area contributed by atoms with Gasteiger partial charge in [0.25, 0.3) is 0 Å². The van der Waals surface area contributed by atoms with Crippen molar-refractivity contribution in [2.24, 2.45) is 10.7 Å². The summed E-state index contributed by atoms with van der Waals surface area (Å²) in [6.07, 6.45) is 1.07. The summed E-state index contributed by atoms with van der Waals surface area (Å²) in [6.45, 7) is 0. The average Bonchev–Trinajstić information content (AvgIpc) is 3.08. The summed E-state index contributed by atoms with van der Waals surface area (Å²) in [7, 11) is 0. The Bertz CT molecular complexity index is 1840. The summed E-state index contributed by atoms with van der Waals surface area (Å²) in [5.41, 5.74) is 15.2. The van der Waals surface area contributed by atoms with Crippen molar-refractivity contribution in [3.05, 3.63) is 174 Å². The molecule has 2 atom stereocenters. The van der Waals surface area contributed by atoms with Gasteiger partial charge in [-0.15, -0.1) is 0 Å². The van der Waals surface area contributed by atoms with E-state index in [4.69, 9.17) is 10.7 Å². The summed E-state index contributed by atoms with van der Waals surface area (Å²) >= 11 is 0. The highest BCUT2D eigenvalue weighted by molar-refractivity contribution is 5.86. The lowest BCUT2D eigenvalue weighted by molar-refractivity contribution is 0.467. The Morgan fingerprint density at radius 2 is 1.25 bits per heavy atom. The molecule has 6 aromatic carbocycles. The second kappa shape index (κ2) is 13.7. The summed E-state index contributed by atoms with van der Waals surface area (Å²) < 4.78 is 0. The number of aromatic hydroxyl groups is 1. The van der Waals surface area contributed by atoms with Crippen molar-refractivity contribution in [2.45, 2.75) is 12.3 Å². The average molecular weight is 575 g/mol. The van der Waals surface area contributed by atoms with E-state index in [1.165, 1.54) is 0 Å². The van der Waals surface area contributed by atoms with Crippen LogP contribution in [0.2, 0.25) is 0 Å². The number of nitrogens with one attached hydrogen (secondary N) is 2. The number of phenolic OH excluding ortho intramolecular Hbond substituents is 1. The Hall–Kier alpha value is -5.49. The zero-order valence-electron chi connectivity index (χ0n) is 24.2. The quantitative estimate of drug-likeness (QED) is 0.0973. The van der Waals surface area contributed by atoms with Gasteiger partial charge >= 0.3 is 0 Å². The zero-order valence-corrected chi connectivity index (χ0v) is 24.2. The number of rotatable bonds is 10. The molecule has 216 valence electrons. The van der Waals surface area contributed by atoms with Gasteiger partial charge in [-0.1, -0.05) is 133 Å². The lowest BCUT2D eigenvalue weighted by Gasteiger charge is -2.22. The van der Waals surface area contributed by atoms with Crippen LogP contribution >= 0.6 is 0 Å². The highest BCUT2D eigenvalue weighted by Gasteiger charge is 2.16. The van der Waals surface area contributed by atoms with E-state index in [0.717, 1.165) is 50.3 Å². The predicted molar refractivity (Wildman–Crippen MR) is 182 cm³/mol. The third-order valence-electron chi connectivity index (χ3n) is 7.47. The van der Waals surface area contributed by atoms with Crippen LogP contribution in [0.4, 0.5) is 11.4 Å². The fourth-order valence-electron chi connectivity index (χ4n) is 5.20. The molecule has 0 aromatic heterocycles. The predicted octanol–water partition coefficient (Wildman–Crippen LogP) is 8.83. The van der Waals surface area contributed by atoms with E-state index in [1.54, 1.807) is 6.07 Å². The molecule has 0 aliphatic heterocycles. The fraction of sp³-hybridized carbons (Fsp3) is 0.0513. The number of phenols is 1. The molecule has 0 spiro atoms. The van der Waals surface area contributed by atoms with Crippen molar-refractivity contribution < 1.29 is 5.11 Å². The van der Waals surface area contributed by atoms with Gasteiger partial charge in [0.15, 0.2) is 0 Å². The number of para-hydroxylation sites is 1. The molecular weight excluding hydrogens is 540 g/mol. The van der Waals surface area contributed by atoms with Gasteiger partial charge in [-0.05, 0) is 52.1 Å². The largest absolute Gasteiger partial charge is 0.507 e. The van der Waals surface area contributed by atoms with E-state index >= 15 is 0 Å². The van der Waals surface area contributed by atoms with E-state index in [9.17, 15) is 5.11 Å². The lowest BCUT2D eigenvalue weighted by Crippen LogP contribution is -2.31. The minimum absolute atomic E-state index is 0.243. The van der Waals surface area contributed by atoms with E-state index < -0.39 is 12.3 Å². The maximum Gasteiger partial charge on any atom is 0.127 e. The van der Waals surface area contributed by atoms with Gasteiger partial charge in [-0.25, -0.2) is 0 Å². The topological polar surface area (TPSA) is 82.7 Å². The first kappa shape index (κ1) is 28.6. The van der Waals surface area contributed by atoms with Crippen LogP contribution in [0.5, 0.6) is 5.75 Å². The number of nitrogens with zero attached hydrogens (tertiary/aromatic N) is 1. The Balaban J connectivity index is 1.36. The molecule has 0 heterocycles. The van der Waals surface area contributed by atoms with E-state index in [1.807, 2.05) is 121 Å². The Morgan fingerprint density at radius 1 is 0.591 bits per heavy atom. The number of benzene rings is 6. The van der Waals surface area contributed by atoms with Crippen molar-refractivity contribution in [3.8, 4) is 28.0 Å². The van der Waals surface area contributed by atoms with Crippen molar-refractivity contribution >= 4 is 17.6 Å². The van der Waals surface area contributed by atoms with Crippen LogP contribution < -0.4 is 16.4 Å². The first-order valence-electron chi connectivity index (χ1n) is 14.6. The molecule has 0 amide bonds. The van der Waals surface area contributed by atoms with Crippen LogP contribution in [0.25, 0.3) is 22.3 Å². The second-order valence-corrected chi connectivity index (χ2v) is 10.5. The summed E-state index contributed by atoms with van der Waals surface area (Å²) in [5.74, 6) is 0.243. The minimum atomic E-state index is -0.411. The van der Waals surface area contributed by atoms with Crippen molar-refractivity contribution in [2.75, 3.05) is 5.32 Å². The number of hydrogen-bond donors (Lipinski definition) is 4. The van der Waals surface area contributed by atoms with E-state index in [-0.39, 0.29) is 5.75 Å². The zero-order chi connectivity index (χ0) is 30.1. The third-order valence-corrected chi connectivity index (χ3v) is 7.47. The summed E-state index contributed by atoms with van der Waals surface area (Å²) in [4.78, 5) is 4.93. The number of nitrogens with two attached hydrogens (primary N) is 1. The molecule has 0 bridgehead atoms.